The molecule has 0 aliphatic carbocycles. The number of hydrogen-bond donors (Lipinski definition) is 1. The monoisotopic (exact) mass is 386 g/mol. The molecular formula is C20H26N4O2S. The van der Waals surface area contributed by atoms with Crippen molar-refractivity contribution in [1.29, 1.82) is 0 Å². The van der Waals surface area contributed by atoms with Crippen LogP contribution in [-0.2, 0) is 11.3 Å². The molecule has 144 valence electrons. The Hall–Kier alpha value is -1.96. The van der Waals surface area contributed by atoms with Crippen LogP contribution in [0, 0.1) is 5.41 Å². The molecule has 27 heavy (non-hydrogen) atoms. The molecule has 0 spiro atoms. The van der Waals surface area contributed by atoms with Gasteiger partial charge in [-0.1, -0.05) is 38.2 Å². The third kappa shape index (κ3) is 3.85. The van der Waals surface area contributed by atoms with E-state index >= 15 is 0 Å². The van der Waals surface area contributed by atoms with Crippen molar-refractivity contribution in [2.45, 2.75) is 33.4 Å². The zero-order chi connectivity index (χ0) is 19.2. The van der Waals surface area contributed by atoms with Crippen LogP contribution in [0.2, 0.25) is 0 Å². The number of thiazole rings is 1. The topological polar surface area (TPSA) is 58.9 Å². The fourth-order valence-electron chi connectivity index (χ4n) is 3.35. The number of nitrogens with zero attached hydrogens (tertiary/aromatic N) is 3. The molecule has 1 amide bonds. The molecule has 0 atom stereocenters. The highest BCUT2D eigenvalue weighted by Crippen LogP contribution is 2.26. The van der Waals surface area contributed by atoms with Crippen LogP contribution >= 0.6 is 11.3 Å². The lowest BCUT2D eigenvalue weighted by molar-refractivity contribution is -0.00578. The molecule has 0 bridgehead atoms. The predicted molar refractivity (Wildman–Crippen MR) is 108 cm³/mol. The summed E-state index contributed by atoms with van der Waals surface area (Å²) < 4.78 is 7.24. The molecule has 1 aliphatic rings. The molecule has 1 aliphatic heterocycles. The standard InChI is InChI=1S/C20H26N4O2S/c1-20(2,3)12-23(4)18(25)17-9-24-16-7-13(8-21-14-10-26-11-14)5-6-15(16)22-19(24)27-17/h5-7,9,14,21H,8,10-12H2,1-4H3. The Morgan fingerprint density at radius 2 is 2.19 bits per heavy atom. The normalized spacial score (nSPS) is 15.4. The fourth-order valence-corrected chi connectivity index (χ4v) is 4.34. The van der Waals surface area contributed by atoms with Gasteiger partial charge in [0, 0.05) is 26.3 Å². The van der Waals surface area contributed by atoms with Crippen molar-refractivity contribution in [3.8, 4) is 0 Å². The highest BCUT2D eigenvalue weighted by atomic mass is 32.1. The molecular weight excluding hydrogens is 360 g/mol. The van der Waals surface area contributed by atoms with Crippen LogP contribution in [-0.4, -0.2) is 53.0 Å². The summed E-state index contributed by atoms with van der Waals surface area (Å²) in [5.41, 5.74) is 3.28. The van der Waals surface area contributed by atoms with Crippen molar-refractivity contribution in [2.75, 3.05) is 26.8 Å². The Morgan fingerprint density at radius 3 is 2.85 bits per heavy atom. The van der Waals surface area contributed by atoms with Gasteiger partial charge in [-0.05, 0) is 23.1 Å². The third-order valence-corrected chi connectivity index (χ3v) is 5.64. The Morgan fingerprint density at radius 1 is 1.41 bits per heavy atom. The van der Waals surface area contributed by atoms with E-state index in [1.54, 1.807) is 4.90 Å². The van der Waals surface area contributed by atoms with E-state index in [1.165, 1.54) is 16.9 Å². The molecule has 0 unspecified atom stereocenters. The maximum Gasteiger partial charge on any atom is 0.265 e. The van der Waals surface area contributed by atoms with Crippen molar-refractivity contribution >= 4 is 33.2 Å². The predicted octanol–water partition coefficient (Wildman–Crippen LogP) is 3.16. The van der Waals surface area contributed by atoms with Crippen LogP contribution in [0.4, 0.5) is 0 Å². The van der Waals surface area contributed by atoms with Gasteiger partial charge in [0.1, 0.15) is 4.88 Å². The SMILES string of the molecule is CN(CC(C)(C)C)C(=O)c1cn2c(nc3ccc(CNC4COC4)cc32)s1. The molecule has 2 aromatic heterocycles. The van der Waals surface area contributed by atoms with Crippen molar-refractivity contribution in [2.24, 2.45) is 5.41 Å². The fraction of sp³-hybridized carbons (Fsp3) is 0.500. The second kappa shape index (κ2) is 6.89. The van der Waals surface area contributed by atoms with Crippen LogP contribution in [0.1, 0.15) is 36.0 Å². The first-order valence-corrected chi connectivity index (χ1v) is 10.1. The first-order valence-electron chi connectivity index (χ1n) is 9.27. The van der Waals surface area contributed by atoms with Crippen molar-refractivity contribution in [3.05, 3.63) is 34.8 Å². The van der Waals surface area contributed by atoms with Gasteiger partial charge in [-0.2, -0.15) is 0 Å². The summed E-state index contributed by atoms with van der Waals surface area (Å²) in [5, 5.41) is 3.49. The number of rotatable bonds is 5. The van der Waals surface area contributed by atoms with Crippen LogP contribution in [0.5, 0.6) is 0 Å². The molecule has 0 radical (unpaired) electrons. The van der Waals surface area contributed by atoms with Gasteiger partial charge >= 0.3 is 0 Å². The van der Waals surface area contributed by atoms with Gasteiger partial charge in [-0.3, -0.25) is 9.20 Å². The molecule has 1 saturated heterocycles. The summed E-state index contributed by atoms with van der Waals surface area (Å²) >= 11 is 1.45. The van der Waals surface area contributed by atoms with Crippen LogP contribution in [0.15, 0.2) is 24.4 Å². The number of amides is 1. The van der Waals surface area contributed by atoms with Crippen molar-refractivity contribution in [3.63, 3.8) is 0 Å². The summed E-state index contributed by atoms with van der Waals surface area (Å²) in [6.07, 6.45) is 1.92. The Balaban J connectivity index is 1.58. The molecule has 3 aromatic rings. The molecule has 1 fully saturated rings. The minimum Gasteiger partial charge on any atom is -0.378 e. The quantitative estimate of drug-likeness (QED) is 0.732. The zero-order valence-electron chi connectivity index (χ0n) is 16.3. The number of hydrogen-bond acceptors (Lipinski definition) is 5. The van der Waals surface area contributed by atoms with Crippen LogP contribution in [0.25, 0.3) is 16.0 Å². The Bertz CT molecular complexity index is 981. The van der Waals surface area contributed by atoms with E-state index in [0.717, 1.165) is 40.6 Å². The molecule has 6 nitrogen and oxygen atoms in total. The minimum absolute atomic E-state index is 0.0522. The summed E-state index contributed by atoms with van der Waals surface area (Å²) in [7, 11) is 1.86. The van der Waals surface area contributed by atoms with Gasteiger partial charge in [0.15, 0.2) is 4.96 Å². The second-order valence-corrected chi connectivity index (χ2v) is 9.53. The lowest BCUT2D eigenvalue weighted by Crippen LogP contribution is -2.45. The van der Waals surface area contributed by atoms with E-state index < -0.39 is 0 Å². The maximum atomic E-state index is 12.8. The lowest BCUT2D eigenvalue weighted by atomic mass is 9.96. The molecule has 4 rings (SSSR count). The summed E-state index contributed by atoms with van der Waals surface area (Å²) in [6, 6.07) is 6.77. The molecule has 1 aromatic carbocycles. The largest absolute Gasteiger partial charge is 0.378 e. The highest BCUT2D eigenvalue weighted by molar-refractivity contribution is 7.18. The van der Waals surface area contributed by atoms with E-state index in [0.29, 0.717) is 12.6 Å². The second-order valence-electron chi connectivity index (χ2n) is 8.52. The first kappa shape index (κ1) is 18.4. The summed E-state index contributed by atoms with van der Waals surface area (Å²) in [5.74, 6) is 0.0522. The highest BCUT2D eigenvalue weighted by Gasteiger charge is 2.22. The molecule has 1 N–H and O–H groups in total. The van der Waals surface area contributed by atoms with Gasteiger partial charge in [0.25, 0.3) is 5.91 Å². The van der Waals surface area contributed by atoms with Gasteiger partial charge in [-0.25, -0.2) is 4.98 Å². The number of carbonyl (C=O) groups is 1. The Labute approximate surface area is 163 Å². The van der Waals surface area contributed by atoms with Gasteiger partial charge < -0.3 is 15.0 Å². The van der Waals surface area contributed by atoms with E-state index in [-0.39, 0.29) is 11.3 Å². The number of carbonyl (C=O) groups excluding carboxylic acids is 1. The van der Waals surface area contributed by atoms with Gasteiger partial charge in [-0.15, -0.1) is 0 Å². The van der Waals surface area contributed by atoms with E-state index in [1.807, 2.05) is 17.6 Å². The maximum absolute atomic E-state index is 12.8. The van der Waals surface area contributed by atoms with Gasteiger partial charge in [0.2, 0.25) is 0 Å². The number of fused-ring (bicyclic) bond motifs is 3. The molecule has 7 heteroatoms. The van der Waals surface area contributed by atoms with Crippen LogP contribution in [0.3, 0.4) is 0 Å². The van der Waals surface area contributed by atoms with Crippen molar-refractivity contribution in [1.82, 2.24) is 19.6 Å². The van der Waals surface area contributed by atoms with E-state index in [9.17, 15) is 4.79 Å². The first-order chi connectivity index (χ1) is 12.8. The zero-order valence-corrected chi connectivity index (χ0v) is 17.1. The Kier molecular flexibility index (Phi) is 4.70. The van der Waals surface area contributed by atoms with E-state index in [2.05, 4.69) is 49.3 Å². The number of benzene rings is 1. The minimum atomic E-state index is 0.0522. The number of aromatic nitrogens is 2. The number of ether oxygens (including phenoxy) is 1. The van der Waals surface area contributed by atoms with E-state index in [4.69, 9.17) is 4.74 Å². The van der Waals surface area contributed by atoms with Crippen LogP contribution < -0.4 is 5.32 Å². The third-order valence-electron chi connectivity index (χ3n) is 4.67. The smallest absolute Gasteiger partial charge is 0.265 e. The average molecular weight is 387 g/mol. The molecule has 3 heterocycles. The molecule has 0 saturated carbocycles. The number of nitrogens with one attached hydrogen (secondary N) is 1. The summed E-state index contributed by atoms with van der Waals surface area (Å²) in [6.45, 7) is 9.51. The average Bonchev–Trinajstić information content (AvgIpc) is 3.09. The van der Waals surface area contributed by atoms with Crippen molar-refractivity contribution < 1.29 is 9.53 Å². The van der Waals surface area contributed by atoms with Gasteiger partial charge in [0.05, 0.1) is 30.3 Å². The lowest BCUT2D eigenvalue weighted by Gasteiger charge is -2.27. The summed E-state index contributed by atoms with van der Waals surface area (Å²) in [4.78, 5) is 20.8. The number of imidazole rings is 1.